The lowest BCUT2D eigenvalue weighted by molar-refractivity contribution is -0.131. The summed E-state index contributed by atoms with van der Waals surface area (Å²) in [6.45, 7) is 0.581. The molecular formula is C11H14N6O. The Morgan fingerprint density at radius 3 is 2.89 bits per heavy atom. The molecule has 2 aromatic rings. The largest absolute Gasteiger partial charge is 0.367 e. The van der Waals surface area contributed by atoms with Crippen molar-refractivity contribution in [2.24, 2.45) is 0 Å². The molecule has 0 saturated heterocycles. The zero-order valence-corrected chi connectivity index (χ0v) is 10.0. The highest BCUT2D eigenvalue weighted by Crippen LogP contribution is 2.00. The van der Waals surface area contributed by atoms with Crippen molar-refractivity contribution >= 4 is 11.9 Å². The van der Waals surface area contributed by atoms with Crippen LogP contribution in [0.3, 0.4) is 0 Å². The molecule has 0 radical (unpaired) electrons. The Hall–Kier alpha value is -2.44. The third kappa shape index (κ3) is 3.03. The number of carbonyl (C=O) groups excluding carboxylic acids is 1. The maximum Gasteiger partial charge on any atom is 0.244 e. The van der Waals surface area contributed by atoms with Gasteiger partial charge < -0.3 is 10.6 Å². The fourth-order valence-corrected chi connectivity index (χ4v) is 1.47. The summed E-state index contributed by atoms with van der Waals surface area (Å²) in [6, 6.07) is 5.60. The number of hydrogen-bond acceptors (Lipinski definition) is 5. The van der Waals surface area contributed by atoms with E-state index < -0.39 is 0 Å². The number of nitrogen functional groups attached to an aromatic ring is 1. The molecule has 0 bridgehead atoms. The number of anilines is 1. The van der Waals surface area contributed by atoms with Crippen LogP contribution < -0.4 is 5.73 Å². The van der Waals surface area contributed by atoms with Crippen molar-refractivity contribution in [2.75, 3.05) is 12.8 Å². The first kappa shape index (κ1) is 12.0. The molecule has 0 aliphatic carbocycles. The van der Waals surface area contributed by atoms with E-state index in [4.69, 9.17) is 5.73 Å². The van der Waals surface area contributed by atoms with Crippen LogP contribution >= 0.6 is 0 Å². The van der Waals surface area contributed by atoms with Crippen LogP contribution in [0.15, 0.2) is 30.7 Å². The van der Waals surface area contributed by atoms with Gasteiger partial charge in [-0.1, -0.05) is 6.07 Å². The number of rotatable bonds is 4. The van der Waals surface area contributed by atoms with Gasteiger partial charge in [-0.05, 0) is 12.1 Å². The minimum atomic E-state index is -0.0782. The summed E-state index contributed by atoms with van der Waals surface area (Å²) in [5.41, 5.74) is 6.22. The van der Waals surface area contributed by atoms with Gasteiger partial charge in [0.25, 0.3) is 0 Å². The smallest absolute Gasteiger partial charge is 0.244 e. The first-order valence-electron chi connectivity index (χ1n) is 5.44. The monoisotopic (exact) mass is 246 g/mol. The van der Waals surface area contributed by atoms with Crippen LogP contribution in [0.5, 0.6) is 0 Å². The molecule has 0 spiro atoms. The van der Waals surface area contributed by atoms with Crippen molar-refractivity contribution in [3.8, 4) is 0 Å². The first-order valence-corrected chi connectivity index (χ1v) is 5.44. The Kier molecular flexibility index (Phi) is 3.52. The molecule has 2 N–H and O–H groups in total. The van der Waals surface area contributed by atoms with Gasteiger partial charge in [-0.2, -0.15) is 0 Å². The second kappa shape index (κ2) is 5.26. The van der Waals surface area contributed by atoms with Gasteiger partial charge in [-0.15, -0.1) is 5.10 Å². The lowest BCUT2D eigenvalue weighted by Crippen LogP contribution is -2.30. The van der Waals surface area contributed by atoms with Crippen LogP contribution in [0, 0.1) is 0 Å². The zero-order valence-electron chi connectivity index (χ0n) is 10.0. The second-order valence-corrected chi connectivity index (χ2v) is 3.87. The third-order valence-corrected chi connectivity index (χ3v) is 2.40. The predicted molar refractivity (Wildman–Crippen MR) is 65.1 cm³/mol. The standard InChI is InChI=1S/C11H14N6O/c1-16(6-9-4-2-3-5-13-9)10(18)7-17-8-14-11(12)15-17/h2-5,8H,6-7H2,1H3,(H2,12,15). The Balaban J connectivity index is 1.93. The second-order valence-electron chi connectivity index (χ2n) is 3.87. The first-order chi connectivity index (χ1) is 8.65. The summed E-state index contributed by atoms with van der Waals surface area (Å²) >= 11 is 0. The Morgan fingerprint density at radius 2 is 2.28 bits per heavy atom. The highest BCUT2D eigenvalue weighted by atomic mass is 16.2. The Labute approximate surface area is 104 Å². The van der Waals surface area contributed by atoms with Crippen molar-refractivity contribution in [2.45, 2.75) is 13.1 Å². The minimum Gasteiger partial charge on any atom is -0.367 e. The Morgan fingerprint density at radius 1 is 1.44 bits per heavy atom. The van der Waals surface area contributed by atoms with E-state index in [0.717, 1.165) is 5.69 Å². The third-order valence-electron chi connectivity index (χ3n) is 2.40. The van der Waals surface area contributed by atoms with E-state index in [2.05, 4.69) is 15.1 Å². The van der Waals surface area contributed by atoms with Gasteiger partial charge in [0.1, 0.15) is 12.9 Å². The van der Waals surface area contributed by atoms with Crippen LogP contribution in [0.1, 0.15) is 5.69 Å². The molecule has 0 atom stereocenters. The molecule has 0 aliphatic heterocycles. The van der Waals surface area contributed by atoms with Crippen molar-refractivity contribution in [3.63, 3.8) is 0 Å². The van der Waals surface area contributed by atoms with Gasteiger partial charge in [-0.25, -0.2) is 9.67 Å². The molecule has 0 aliphatic rings. The molecule has 0 saturated carbocycles. The Bertz CT molecular complexity index is 523. The maximum absolute atomic E-state index is 11.9. The number of carbonyl (C=O) groups is 1. The number of likely N-dealkylation sites (N-methyl/N-ethyl adjacent to an activating group) is 1. The molecule has 2 rings (SSSR count). The SMILES string of the molecule is CN(Cc1ccccn1)C(=O)Cn1cnc(N)n1. The van der Waals surface area contributed by atoms with E-state index >= 15 is 0 Å². The summed E-state index contributed by atoms with van der Waals surface area (Å²) in [6.07, 6.45) is 3.13. The number of hydrogen-bond donors (Lipinski definition) is 1. The van der Waals surface area contributed by atoms with Crippen molar-refractivity contribution in [3.05, 3.63) is 36.4 Å². The summed E-state index contributed by atoms with van der Waals surface area (Å²) in [5.74, 6) is 0.0840. The molecule has 0 unspecified atom stereocenters. The van der Waals surface area contributed by atoms with Crippen LogP contribution in [0.2, 0.25) is 0 Å². The molecule has 94 valence electrons. The summed E-state index contributed by atoms with van der Waals surface area (Å²) in [7, 11) is 1.72. The normalized spacial score (nSPS) is 10.3. The number of pyridine rings is 1. The van der Waals surface area contributed by atoms with Crippen LogP contribution in [0.4, 0.5) is 5.95 Å². The molecule has 2 aromatic heterocycles. The van der Waals surface area contributed by atoms with Gasteiger partial charge in [0.2, 0.25) is 11.9 Å². The summed E-state index contributed by atoms with van der Waals surface area (Å²) in [4.78, 5) is 21.4. The van der Waals surface area contributed by atoms with Gasteiger partial charge in [0, 0.05) is 13.2 Å². The number of nitrogens with zero attached hydrogens (tertiary/aromatic N) is 5. The molecule has 2 heterocycles. The number of amides is 1. The van der Waals surface area contributed by atoms with Gasteiger partial charge in [-0.3, -0.25) is 9.78 Å². The van der Waals surface area contributed by atoms with E-state index in [-0.39, 0.29) is 18.4 Å². The van der Waals surface area contributed by atoms with E-state index in [1.807, 2.05) is 18.2 Å². The highest BCUT2D eigenvalue weighted by Gasteiger charge is 2.11. The fraction of sp³-hybridized carbons (Fsp3) is 0.273. The summed E-state index contributed by atoms with van der Waals surface area (Å²) in [5, 5.41) is 3.86. The maximum atomic E-state index is 11.9. The fourth-order valence-electron chi connectivity index (χ4n) is 1.47. The van der Waals surface area contributed by atoms with E-state index in [0.29, 0.717) is 6.54 Å². The van der Waals surface area contributed by atoms with Crippen molar-refractivity contribution in [1.29, 1.82) is 0 Å². The van der Waals surface area contributed by atoms with Gasteiger partial charge in [0.05, 0.1) is 12.2 Å². The lowest BCUT2D eigenvalue weighted by atomic mass is 10.3. The molecule has 0 aromatic carbocycles. The van der Waals surface area contributed by atoms with E-state index in [1.165, 1.54) is 11.0 Å². The van der Waals surface area contributed by atoms with Gasteiger partial charge in [0.15, 0.2) is 0 Å². The summed E-state index contributed by atoms with van der Waals surface area (Å²) < 4.78 is 1.41. The number of nitrogens with two attached hydrogens (primary N) is 1. The quantitative estimate of drug-likeness (QED) is 0.814. The average Bonchev–Trinajstić information content (AvgIpc) is 2.76. The van der Waals surface area contributed by atoms with Crippen LogP contribution in [0.25, 0.3) is 0 Å². The van der Waals surface area contributed by atoms with Crippen LogP contribution in [-0.2, 0) is 17.9 Å². The lowest BCUT2D eigenvalue weighted by Gasteiger charge is -2.16. The van der Waals surface area contributed by atoms with Crippen LogP contribution in [-0.4, -0.2) is 37.6 Å². The number of aromatic nitrogens is 4. The minimum absolute atomic E-state index is 0.0782. The topological polar surface area (TPSA) is 89.9 Å². The van der Waals surface area contributed by atoms with Crippen molar-refractivity contribution in [1.82, 2.24) is 24.6 Å². The van der Waals surface area contributed by atoms with Gasteiger partial charge >= 0.3 is 0 Å². The van der Waals surface area contributed by atoms with E-state index in [1.54, 1.807) is 18.1 Å². The zero-order chi connectivity index (χ0) is 13.0. The molecule has 0 fully saturated rings. The molecule has 18 heavy (non-hydrogen) atoms. The predicted octanol–water partition coefficient (Wildman–Crippen LogP) is -0.0861. The van der Waals surface area contributed by atoms with Crippen molar-refractivity contribution < 1.29 is 4.79 Å². The molecule has 7 heteroatoms. The van der Waals surface area contributed by atoms with E-state index in [9.17, 15) is 4.79 Å². The molecule has 1 amide bonds. The molecular weight excluding hydrogens is 232 g/mol. The average molecular weight is 246 g/mol. The molecule has 7 nitrogen and oxygen atoms in total. The highest BCUT2D eigenvalue weighted by molar-refractivity contribution is 5.75.